The molecule has 0 N–H and O–H groups in total. The number of hydrogen-bond donors (Lipinski definition) is 0. The largest absolute Gasteiger partial charge is 0.341 e. The normalized spacial score (nSPS) is 24.7. The molecule has 2 saturated carbocycles. The number of fused-ring (bicyclic) bond motifs is 4. The maximum absolute atomic E-state index is 14.4. The summed E-state index contributed by atoms with van der Waals surface area (Å²) in [5.74, 6) is -1.01. The van der Waals surface area contributed by atoms with Gasteiger partial charge >= 0.3 is 0 Å². The van der Waals surface area contributed by atoms with E-state index < -0.39 is 11.8 Å². The molecule has 4 aromatic carbocycles. The molecule has 262 valence electrons. The minimum absolute atomic E-state index is 0.00971. The van der Waals surface area contributed by atoms with Gasteiger partial charge in [-0.25, -0.2) is 0 Å². The number of allylic oxidation sites excluding steroid dienone is 4. The van der Waals surface area contributed by atoms with E-state index in [0.717, 1.165) is 25.9 Å². The van der Waals surface area contributed by atoms with Gasteiger partial charge in [-0.15, -0.1) is 0 Å². The molecule has 3 aliphatic rings. The Hall–Kier alpha value is -5.01. The molecule has 6 nitrogen and oxygen atoms in total. The molecule has 4 unspecified atom stereocenters. The van der Waals surface area contributed by atoms with Gasteiger partial charge in [0.2, 0.25) is 11.8 Å². The SMILES string of the molecule is CCN1C(=O)C2C(C(=O)N(CC)C1=S)C1/C(=C\C=c3\c4cccc5cccc(c54)n3CC)CC/C(=C/C=c3/c4cccc5cccc(c54)n3CC)C21. The van der Waals surface area contributed by atoms with Gasteiger partial charge in [0.15, 0.2) is 5.11 Å². The molecule has 2 aromatic heterocycles. The summed E-state index contributed by atoms with van der Waals surface area (Å²) in [4.78, 5) is 32.3. The molecule has 6 aromatic rings. The van der Waals surface area contributed by atoms with Crippen LogP contribution in [0.25, 0.3) is 55.5 Å². The molecule has 9 rings (SSSR count). The van der Waals surface area contributed by atoms with E-state index in [-0.39, 0.29) is 23.7 Å². The van der Waals surface area contributed by atoms with Crippen LogP contribution in [0.4, 0.5) is 0 Å². The van der Waals surface area contributed by atoms with Crippen LogP contribution < -0.4 is 10.7 Å². The minimum Gasteiger partial charge on any atom is -0.341 e. The average Bonchev–Trinajstić information content (AvgIpc) is 3.62. The lowest BCUT2D eigenvalue weighted by Crippen LogP contribution is -2.58. The standard InChI is InChI=1S/C45H44N4O2S/c1-5-46-33(31-17-9-13-27-15-11-19-35(46)37(27)31)25-23-29-21-22-30(24-26-34-32-18-10-14-28-16-12-20-36(38(28)32)47(34)6-2)40-39(29)41-42(40)44(51)49(8-4)45(52)48(7-3)43(41)50/h9-20,23-26,39-42H,5-8,21-22H2,1-4H3/b29-23-,30-24-,33-25-,34-26-. The van der Waals surface area contributed by atoms with Gasteiger partial charge in [-0.2, -0.15) is 0 Å². The quantitative estimate of drug-likeness (QED) is 0.167. The number of nitrogens with zero attached hydrogens (tertiary/aromatic N) is 4. The number of aryl methyl sites for hydroxylation is 2. The van der Waals surface area contributed by atoms with E-state index in [4.69, 9.17) is 12.2 Å². The summed E-state index contributed by atoms with van der Waals surface area (Å²) in [5.41, 5.74) is 4.99. The molecule has 1 saturated heterocycles. The maximum atomic E-state index is 14.4. The highest BCUT2D eigenvalue weighted by molar-refractivity contribution is 7.80. The number of carbonyl (C=O) groups excluding carboxylic acids is 2. The lowest BCUT2D eigenvalue weighted by Gasteiger charge is -2.54. The van der Waals surface area contributed by atoms with Crippen LogP contribution in [0, 0.1) is 23.7 Å². The lowest BCUT2D eigenvalue weighted by molar-refractivity contribution is -0.154. The molecule has 3 heterocycles. The number of thiocarbonyl (C=S) groups is 1. The Morgan fingerprint density at radius 3 is 1.35 bits per heavy atom. The van der Waals surface area contributed by atoms with Gasteiger partial charge in [0, 0.05) is 69.5 Å². The minimum atomic E-state index is -0.434. The van der Waals surface area contributed by atoms with E-state index in [0.29, 0.717) is 18.2 Å². The van der Waals surface area contributed by atoms with Crippen molar-refractivity contribution in [3.63, 3.8) is 0 Å². The molecule has 1 aliphatic heterocycles. The van der Waals surface area contributed by atoms with E-state index >= 15 is 0 Å². The van der Waals surface area contributed by atoms with Crippen molar-refractivity contribution in [1.82, 2.24) is 18.9 Å². The first-order valence-electron chi connectivity index (χ1n) is 19.0. The summed E-state index contributed by atoms with van der Waals surface area (Å²) in [5, 5.41) is 10.3. The van der Waals surface area contributed by atoms with Crippen LogP contribution in [0.15, 0.2) is 96.1 Å². The summed E-state index contributed by atoms with van der Waals surface area (Å²) in [6.07, 6.45) is 10.8. The number of amides is 2. The molecule has 7 heteroatoms. The monoisotopic (exact) mass is 704 g/mol. The number of hydrogen-bond acceptors (Lipinski definition) is 3. The molecule has 52 heavy (non-hydrogen) atoms. The van der Waals surface area contributed by atoms with Gasteiger partial charge in [-0.3, -0.25) is 19.4 Å². The summed E-state index contributed by atoms with van der Waals surface area (Å²) in [6, 6.07) is 26.1. The predicted octanol–water partition coefficient (Wildman–Crippen LogP) is 7.76. The van der Waals surface area contributed by atoms with Crippen molar-refractivity contribution < 1.29 is 9.59 Å². The van der Waals surface area contributed by atoms with Crippen molar-refractivity contribution in [2.45, 2.75) is 53.6 Å². The molecule has 0 bridgehead atoms. The van der Waals surface area contributed by atoms with Gasteiger partial charge in [-0.1, -0.05) is 84.0 Å². The highest BCUT2D eigenvalue weighted by atomic mass is 32.1. The van der Waals surface area contributed by atoms with Crippen LogP contribution in [-0.2, 0) is 22.7 Å². The second-order valence-electron chi connectivity index (χ2n) is 14.5. The van der Waals surface area contributed by atoms with Crippen LogP contribution >= 0.6 is 12.2 Å². The highest BCUT2D eigenvalue weighted by Gasteiger charge is 2.63. The Balaban J connectivity index is 1.22. The first-order valence-corrected chi connectivity index (χ1v) is 19.4. The number of carbonyl (C=O) groups is 2. The Bertz CT molecular complexity index is 2450. The lowest BCUT2D eigenvalue weighted by atomic mass is 9.48. The van der Waals surface area contributed by atoms with Gasteiger partial charge in [-0.05, 0) is 99.6 Å². The third-order valence-corrected chi connectivity index (χ3v) is 12.8. The van der Waals surface area contributed by atoms with E-state index in [1.807, 2.05) is 13.8 Å². The summed E-state index contributed by atoms with van der Waals surface area (Å²) < 4.78 is 4.79. The molecule has 2 amide bonds. The van der Waals surface area contributed by atoms with Gasteiger partial charge < -0.3 is 9.13 Å². The van der Waals surface area contributed by atoms with Crippen LogP contribution in [0.2, 0.25) is 0 Å². The van der Waals surface area contributed by atoms with Gasteiger partial charge in [0.1, 0.15) is 0 Å². The van der Waals surface area contributed by atoms with Crippen LogP contribution in [0.5, 0.6) is 0 Å². The summed E-state index contributed by atoms with van der Waals surface area (Å²) >= 11 is 5.83. The Labute approximate surface area is 309 Å². The Kier molecular flexibility index (Phi) is 7.96. The van der Waals surface area contributed by atoms with Crippen molar-refractivity contribution in [2.75, 3.05) is 13.1 Å². The smallest absolute Gasteiger partial charge is 0.233 e. The fourth-order valence-electron chi connectivity index (χ4n) is 10.1. The molecule has 0 radical (unpaired) electrons. The van der Waals surface area contributed by atoms with E-state index in [1.165, 1.54) is 65.2 Å². The van der Waals surface area contributed by atoms with Crippen molar-refractivity contribution in [3.8, 4) is 0 Å². The molecule has 4 atom stereocenters. The fraction of sp³-hybridized carbons (Fsp3) is 0.311. The predicted molar refractivity (Wildman–Crippen MR) is 216 cm³/mol. The molecular weight excluding hydrogens is 661 g/mol. The van der Waals surface area contributed by atoms with E-state index in [9.17, 15) is 9.59 Å². The average molecular weight is 705 g/mol. The topological polar surface area (TPSA) is 50.5 Å². The maximum Gasteiger partial charge on any atom is 0.233 e. The number of rotatable bonds is 6. The molecule has 2 aliphatic carbocycles. The van der Waals surface area contributed by atoms with Gasteiger partial charge in [0.25, 0.3) is 0 Å². The summed E-state index contributed by atoms with van der Waals surface area (Å²) in [6.45, 7) is 10.9. The molecular formula is C45H44N4O2S. The Morgan fingerprint density at radius 2 is 0.962 bits per heavy atom. The van der Waals surface area contributed by atoms with Crippen molar-refractivity contribution in [3.05, 3.63) is 107 Å². The zero-order chi connectivity index (χ0) is 35.8. The number of benzene rings is 4. The summed E-state index contributed by atoms with van der Waals surface area (Å²) in [7, 11) is 0. The van der Waals surface area contributed by atoms with Crippen molar-refractivity contribution in [2.24, 2.45) is 23.7 Å². The van der Waals surface area contributed by atoms with Crippen molar-refractivity contribution in [1.29, 1.82) is 0 Å². The van der Waals surface area contributed by atoms with Gasteiger partial charge in [0.05, 0.1) is 11.8 Å². The second-order valence-corrected chi connectivity index (χ2v) is 14.9. The van der Waals surface area contributed by atoms with Crippen molar-refractivity contribution >= 4 is 84.6 Å². The van der Waals surface area contributed by atoms with Crippen LogP contribution in [0.1, 0.15) is 40.5 Å². The first kappa shape index (κ1) is 32.9. The zero-order valence-electron chi connectivity index (χ0n) is 30.3. The Morgan fingerprint density at radius 1 is 0.558 bits per heavy atom. The molecule has 3 fully saturated rings. The van der Waals surface area contributed by atoms with E-state index in [2.05, 4.69) is 120 Å². The highest BCUT2D eigenvalue weighted by Crippen LogP contribution is 2.59. The van der Waals surface area contributed by atoms with Crippen LogP contribution in [0.3, 0.4) is 0 Å². The zero-order valence-corrected chi connectivity index (χ0v) is 31.1. The third kappa shape index (κ3) is 4.57. The second kappa shape index (κ2) is 12.6. The fourth-order valence-corrected chi connectivity index (χ4v) is 10.5. The first-order chi connectivity index (χ1) is 25.4. The third-order valence-electron chi connectivity index (χ3n) is 12.3. The molecule has 0 spiro atoms. The van der Waals surface area contributed by atoms with E-state index in [1.54, 1.807) is 9.80 Å². The van der Waals surface area contributed by atoms with Crippen LogP contribution in [-0.4, -0.2) is 49.0 Å². The number of aromatic nitrogens is 2.